The van der Waals surface area contributed by atoms with Gasteiger partial charge in [0.25, 0.3) is 0 Å². The lowest BCUT2D eigenvalue weighted by molar-refractivity contribution is -0.110. The van der Waals surface area contributed by atoms with Gasteiger partial charge in [0.1, 0.15) is 0 Å². The Labute approximate surface area is 245 Å². The van der Waals surface area contributed by atoms with Crippen LogP contribution >= 0.6 is 67.0 Å². The van der Waals surface area contributed by atoms with Crippen LogP contribution in [0.3, 0.4) is 0 Å². The number of anilines is 1. The maximum atomic E-state index is 12.7. The van der Waals surface area contributed by atoms with Crippen LogP contribution in [0.1, 0.15) is 29.2 Å². The van der Waals surface area contributed by atoms with Gasteiger partial charge in [-0.1, -0.05) is 122 Å². The van der Waals surface area contributed by atoms with E-state index in [4.69, 9.17) is 16.7 Å². The van der Waals surface area contributed by atoms with Crippen LogP contribution in [0.2, 0.25) is 5.02 Å². The average Bonchev–Trinajstić information content (AvgIpc) is 3.43. The number of benzene rings is 4. The van der Waals surface area contributed by atoms with Crippen LogP contribution in [0.5, 0.6) is 0 Å². The van der Waals surface area contributed by atoms with E-state index >= 15 is 0 Å². The minimum absolute atomic E-state index is 0.0585. The summed E-state index contributed by atoms with van der Waals surface area (Å²) in [4.78, 5) is 12.7. The van der Waals surface area contributed by atoms with E-state index in [2.05, 4.69) is 105 Å². The second-order valence-corrected chi connectivity index (χ2v) is 13.9. The molecule has 3 nitrogen and oxygen atoms in total. The molecule has 0 amide bonds. The smallest absolute Gasteiger partial charge is 0.187 e. The number of hydrazone groups is 1. The van der Waals surface area contributed by atoms with Gasteiger partial charge in [-0.25, -0.2) is 5.01 Å². The molecule has 0 radical (unpaired) electrons. The number of halogens is 3. The molecule has 0 fully saturated rings. The van der Waals surface area contributed by atoms with E-state index in [1.54, 1.807) is 18.7 Å². The lowest BCUT2D eigenvalue weighted by atomic mass is 9.82. The molecule has 1 spiro atoms. The molecule has 8 heteroatoms. The van der Waals surface area contributed by atoms with Gasteiger partial charge in [-0.05, 0) is 59.2 Å². The summed E-state index contributed by atoms with van der Waals surface area (Å²) in [5.41, 5.74) is 5.41. The first-order chi connectivity index (χ1) is 17.8. The Bertz CT molecular complexity index is 1510. The lowest BCUT2D eigenvalue weighted by Gasteiger charge is -2.37. The fourth-order valence-corrected chi connectivity index (χ4v) is 9.18. The van der Waals surface area contributed by atoms with Gasteiger partial charge in [-0.3, -0.25) is 4.79 Å². The largest absolute Gasteiger partial charge is 0.292 e. The van der Waals surface area contributed by atoms with Crippen LogP contribution in [0.4, 0.5) is 5.69 Å². The topological polar surface area (TPSA) is 32.7 Å². The van der Waals surface area contributed by atoms with E-state index in [0.717, 1.165) is 31.3 Å². The van der Waals surface area contributed by atoms with E-state index in [9.17, 15) is 4.79 Å². The Morgan fingerprint density at radius 1 is 0.838 bits per heavy atom. The summed E-state index contributed by atoms with van der Waals surface area (Å²) >= 11 is 16.9. The monoisotopic (exact) mass is 668 g/mol. The number of carbonyl (C=O) groups is 1. The second-order valence-electron chi connectivity index (χ2n) is 8.78. The van der Waals surface area contributed by atoms with Crippen LogP contribution in [0.25, 0.3) is 0 Å². The van der Waals surface area contributed by atoms with E-state index in [1.165, 1.54) is 17.3 Å². The Kier molecular flexibility index (Phi) is 6.56. The summed E-state index contributed by atoms with van der Waals surface area (Å²) in [6, 6.07) is 33.2. The van der Waals surface area contributed by atoms with Crippen molar-refractivity contribution in [1.29, 1.82) is 0 Å². The molecule has 0 unspecified atom stereocenters. The molecule has 1 atom stereocenters. The Morgan fingerprint density at radius 3 is 2.00 bits per heavy atom. The van der Waals surface area contributed by atoms with Gasteiger partial charge < -0.3 is 0 Å². The Balaban J connectivity index is 1.65. The quantitative estimate of drug-likeness (QED) is 0.217. The molecule has 2 heterocycles. The molecule has 4 aromatic rings. The minimum Gasteiger partial charge on any atom is -0.292 e. The van der Waals surface area contributed by atoms with Crippen molar-refractivity contribution in [3.05, 3.63) is 133 Å². The second kappa shape index (κ2) is 9.62. The summed E-state index contributed by atoms with van der Waals surface area (Å²) in [5.74, 6) is -0.0585. The molecular formula is C29H19Br2ClN2OS2. The van der Waals surface area contributed by atoms with Crippen LogP contribution in [-0.4, -0.2) is 10.8 Å². The normalized spacial score (nSPS) is 19.7. The molecular weight excluding hydrogens is 652 g/mol. The zero-order valence-electron chi connectivity index (χ0n) is 19.5. The van der Waals surface area contributed by atoms with Gasteiger partial charge in [0, 0.05) is 26.5 Å². The number of thioether (sulfide) groups is 2. The standard InChI is InChI=1S/C29H19Br2ClN2OS2/c1-18(35)27-33-34(24-6-4-5-23(32)17-24)29(36-27)26-8-3-2-7-25(26)28(37-29,19-9-13-21(30)14-10-19)20-11-15-22(31)16-12-20/h2-17H,1H3/t29-/m0/s1. The molecule has 0 aliphatic carbocycles. The third-order valence-electron chi connectivity index (χ3n) is 6.50. The molecule has 6 rings (SSSR count). The van der Waals surface area contributed by atoms with Crippen molar-refractivity contribution in [3.8, 4) is 0 Å². The number of ketones is 1. The van der Waals surface area contributed by atoms with E-state index < -0.39 is 8.95 Å². The fourth-order valence-electron chi connectivity index (χ4n) is 4.91. The minimum atomic E-state index is -0.720. The number of rotatable bonds is 4. The zero-order valence-corrected chi connectivity index (χ0v) is 25.1. The van der Waals surface area contributed by atoms with Crippen molar-refractivity contribution in [2.24, 2.45) is 5.10 Å². The fraction of sp³-hybridized carbons (Fsp3) is 0.103. The molecule has 0 saturated carbocycles. The molecule has 2 aliphatic rings. The zero-order chi connectivity index (χ0) is 25.8. The summed E-state index contributed by atoms with van der Waals surface area (Å²) in [5, 5.41) is 7.95. The van der Waals surface area contributed by atoms with Crippen LogP contribution in [0, 0.1) is 0 Å². The Hall–Kier alpha value is -2.03. The molecule has 0 N–H and O–H groups in total. The summed E-state index contributed by atoms with van der Waals surface area (Å²) in [6.07, 6.45) is 0. The van der Waals surface area contributed by atoms with Crippen molar-refractivity contribution in [2.45, 2.75) is 15.9 Å². The van der Waals surface area contributed by atoms with Crippen LogP contribution < -0.4 is 5.01 Å². The summed E-state index contributed by atoms with van der Waals surface area (Å²) in [6.45, 7) is 1.57. The van der Waals surface area contributed by atoms with Crippen molar-refractivity contribution in [1.82, 2.24) is 0 Å². The maximum Gasteiger partial charge on any atom is 0.187 e. The molecule has 4 aromatic carbocycles. The predicted molar refractivity (Wildman–Crippen MR) is 164 cm³/mol. The van der Waals surface area contributed by atoms with Gasteiger partial charge in [-0.2, -0.15) is 5.10 Å². The van der Waals surface area contributed by atoms with Crippen molar-refractivity contribution >= 4 is 83.5 Å². The third-order valence-corrected chi connectivity index (χ3v) is 11.2. The highest BCUT2D eigenvalue weighted by Crippen LogP contribution is 2.71. The first kappa shape index (κ1) is 25.3. The SMILES string of the molecule is CC(=O)C1=NN(c2cccc(Cl)c2)[C@@]2(S1)SC(c1ccc(Br)cc1)(c1ccc(Br)cc1)c1ccccc12. The van der Waals surface area contributed by atoms with Gasteiger partial charge in [0.2, 0.25) is 0 Å². The molecule has 0 bridgehead atoms. The van der Waals surface area contributed by atoms with Crippen LogP contribution in [0.15, 0.2) is 111 Å². The van der Waals surface area contributed by atoms with Gasteiger partial charge in [0.15, 0.2) is 15.0 Å². The van der Waals surface area contributed by atoms with E-state index in [0.29, 0.717) is 10.1 Å². The highest BCUT2D eigenvalue weighted by Gasteiger charge is 2.61. The molecule has 0 saturated heterocycles. The Morgan fingerprint density at radius 2 is 1.43 bits per heavy atom. The summed E-state index contributed by atoms with van der Waals surface area (Å²) < 4.78 is 0.767. The highest BCUT2D eigenvalue weighted by atomic mass is 79.9. The average molecular weight is 671 g/mol. The number of hydrogen-bond donors (Lipinski definition) is 0. The number of hydrogen-bond acceptors (Lipinski definition) is 5. The molecule has 184 valence electrons. The van der Waals surface area contributed by atoms with E-state index in [-0.39, 0.29) is 5.78 Å². The number of nitrogens with zero attached hydrogens (tertiary/aromatic N) is 2. The summed E-state index contributed by atoms with van der Waals surface area (Å²) in [7, 11) is 0. The maximum absolute atomic E-state index is 12.7. The van der Waals surface area contributed by atoms with Crippen LogP contribution in [-0.2, 0) is 13.7 Å². The first-order valence-corrected chi connectivity index (χ1v) is 15.1. The number of Topliss-reactive ketones (excluding diaryl/α,β-unsaturated/α-hetero) is 1. The molecule has 0 aromatic heterocycles. The van der Waals surface area contributed by atoms with Crippen molar-refractivity contribution in [3.63, 3.8) is 0 Å². The van der Waals surface area contributed by atoms with Crippen molar-refractivity contribution in [2.75, 3.05) is 5.01 Å². The molecule has 2 aliphatic heterocycles. The first-order valence-electron chi connectivity index (χ1n) is 11.5. The lowest BCUT2D eigenvalue weighted by Crippen LogP contribution is -2.34. The third kappa shape index (κ3) is 4.10. The van der Waals surface area contributed by atoms with Gasteiger partial charge >= 0.3 is 0 Å². The van der Waals surface area contributed by atoms with Gasteiger partial charge in [-0.15, -0.1) is 0 Å². The predicted octanol–water partition coefficient (Wildman–Crippen LogP) is 9.17. The highest BCUT2D eigenvalue weighted by molar-refractivity contribution is 9.10. The number of carbonyl (C=O) groups excluding carboxylic acids is 1. The molecule has 37 heavy (non-hydrogen) atoms. The number of fused-ring (bicyclic) bond motifs is 2. The van der Waals surface area contributed by atoms with Gasteiger partial charge in [0.05, 0.1) is 10.4 Å². The van der Waals surface area contributed by atoms with E-state index in [1.807, 2.05) is 29.3 Å². The van der Waals surface area contributed by atoms with Crippen molar-refractivity contribution < 1.29 is 4.79 Å².